The molecule has 1 aliphatic heterocycles. The average molecular weight is 495 g/mol. The van der Waals surface area contributed by atoms with Crippen molar-refractivity contribution in [3.8, 4) is 0 Å². The van der Waals surface area contributed by atoms with Crippen LogP contribution in [-0.4, -0.2) is 40.7 Å². The number of rotatable bonds is 14. The number of nitrogens with zero attached hydrogens (tertiary/aromatic N) is 2. The molecule has 1 aromatic carbocycles. The Morgan fingerprint density at radius 2 is 1.63 bits per heavy atom. The lowest BCUT2D eigenvalue weighted by atomic mass is 9.93. The van der Waals surface area contributed by atoms with Gasteiger partial charge in [0.25, 0.3) is 0 Å². The van der Waals surface area contributed by atoms with Crippen molar-refractivity contribution in [1.82, 2.24) is 9.80 Å². The molecule has 1 saturated carbocycles. The topological polar surface area (TPSA) is 40.6 Å². The molecule has 4 nitrogen and oxygen atoms in total. The highest BCUT2D eigenvalue weighted by molar-refractivity contribution is 7.10. The zero-order valence-electron chi connectivity index (χ0n) is 21.4. The molecule has 4 rings (SSSR count). The largest absolute Gasteiger partial charge is 0.330 e. The van der Waals surface area contributed by atoms with Crippen molar-refractivity contribution in [2.45, 2.75) is 102 Å². The van der Waals surface area contributed by atoms with Gasteiger partial charge in [-0.3, -0.25) is 9.59 Å². The third kappa shape index (κ3) is 7.19. The van der Waals surface area contributed by atoms with E-state index in [0.29, 0.717) is 6.42 Å². The summed E-state index contributed by atoms with van der Waals surface area (Å²) in [5.41, 5.74) is 2.40. The van der Waals surface area contributed by atoms with Crippen molar-refractivity contribution < 1.29 is 9.59 Å². The Balaban J connectivity index is 1.30. The first kappa shape index (κ1) is 25.9. The second-order valence-electron chi connectivity index (χ2n) is 10.3. The summed E-state index contributed by atoms with van der Waals surface area (Å²) in [6, 6.07) is 12.7. The normalized spacial score (nSPS) is 17.3. The van der Waals surface area contributed by atoms with Crippen molar-refractivity contribution in [3.63, 3.8) is 0 Å². The van der Waals surface area contributed by atoms with E-state index in [1.165, 1.54) is 55.4 Å². The number of amides is 2. The molecule has 1 aromatic heterocycles. The number of fused-ring (bicyclic) bond motifs is 1. The minimum Gasteiger partial charge on any atom is -0.330 e. The van der Waals surface area contributed by atoms with E-state index in [1.807, 2.05) is 28.0 Å². The maximum atomic E-state index is 13.6. The zero-order chi connectivity index (χ0) is 24.5. The van der Waals surface area contributed by atoms with Crippen molar-refractivity contribution in [2.24, 2.45) is 0 Å². The third-order valence-corrected chi connectivity index (χ3v) is 8.51. The van der Waals surface area contributed by atoms with Gasteiger partial charge in [0, 0.05) is 23.9 Å². The highest BCUT2D eigenvalue weighted by Gasteiger charge is 2.37. The minimum absolute atomic E-state index is 0.0489. The van der Waals surface area contributed by atoms with Crippen molar-refractivity contribution in [3.05, 3.63) is 57.8 Å². The molecule has 2 aromatic rings. The molecule has 0 N–H and O–H groups in total. The fraction of sp³-hybridized carbons (Fsp3) is 0.600. The standard InChI is InChI=1S/C30H42N2O2S/c1-2-3-4-5-6-7-8-9-13-16-28(33)32(25-17-18-25)23-29(34)31-21-19-27-26(20-22-35-27)30(31)24-14-11-10-12-15-24/h10-12,14-15,20,22,25,30H,2-9,13,16-19,21,23H2,1H3. The van der Waals surface area contributed by atoms with Gasteiger partial charge >= 0.3 is 0 Å². The molecular weight excluding hydrogens is 452 g/mol. The predicted octanol–water partition coefficient (Wildman–Crippen LogP) is 7.13. The minimum atomic E-state index is -0.0489. The molecule has 0 spiro atoms. The maximum absolute atomic E-state index is 13.6. The second-order valence-corrected chi connectivity index (χ2v) is 11.3. The lowest BCUT2D eigenvalue weighted by Crippen LogP contribution is -2.47. The van der Waals surface area contributed by atoms with Crippen molar-refractivity contribution in [1.29, 1.82) is 0 Å². The predicted molar refractivity (Wildman–Crippen MR) is 145 cm³/mol. The maximum Gasteiger partial charge on any atom is 0.243 e. The first-order valence-electron chi connectivity index (χ1n) is 13.9. The van der Waals surface area contributed by atoms with Crippen LogP contribution in [0.4, 0.5) is 0 Å². The highest BCUT2D eigenvalue weighted by atomic mass is 32.1. The van der Waals surface area contributed by atoms with E-state index in [-0.39, 0.29) is 30.4 Å². The van der Waals surface area contributed by atoms with E-state index in [9.17, 15) is 9.59 Å². The molecule has 190 valence electrons. The summed E-state index contributed by atoms with van der Waals surface area (Å²) < 4.78 is 0. The third-order valence-electron chi connectivity index (χ3n) is 7.51. The molecule has 1 unspecified atom stereocenters. The van der Waals surface area contributed by atoms with Crippen LogP contribution in [-0.2, 0) is 16.0 Å². The van der Waals surface area contributed by atoms with Crippen LogP contribution in [0.3, 0.4) is 0 Å². The molecule has 1 fully saturated rings. The number of carbonyl (C=O) groups is 2. The van der Waals surface area contributed by atoms with Gasteiger partial charge in [-0.25, -0.2) is 0 Å². The summed E-state index contributed by atoms with van der Waals surface area (Å²) in [7, 11) is 0. The van der Waals surface area contributed by atoms with Crippen molar-refractivity contribution in [2.75, 3.05) is 13.1 Å². The Kier molecular flexibility index (Phi) is 9.82. The molecule has 5 heteroatoms. The number of carbonyl (C=O) groups excluding carboxylic acids is 2. The van der Waals surface area contributed by atoms with Gasteiger partial charge in [-0.05, 0) is 48.3 Å². The van der Waals surface area contributed by atoms with Crippen LogP contribution < -0.4 is 0 Å². The fourth-order valence-corrected chi connectivity index (χ4v) is 6.26. The summed E-state index contributed by atoms with van der Waals surface area (Å²) in [5, 5.41) is 2.14. The molecular formula is C30H42N2O2S. The molecule has 2 aliphatic rings. The number of unbranched alkanes of at least 4 members (excludes halogenated alkanes) is 8. The number of hydrogen-bond acceptors (Lipinski definition) is 3. The van der Waals surface area contributed by atoms with Crippen LogP contribution in [0, 0.1) is 0 Å². The molecule has 0 radical (unpaired) electrons. The number of benzene rings is 1. The summed E-state index contributed by atoms with van der Waals surface area (Å²) in [4.78, 5) is 32.0. The Hall–Kier alpha value is -2.14. The van der Waals surface area contributed by atoms with E-state index in [1.54, 1.807) is 11.3 Å². The van der Waals surface area contributed by atoms with Crippen LogP contribution in [0.2, 0.25) is 0 Å². The van der Waals surface area contributed by atoms with Gasteiger partial charge in [-0.2, -0.15) is 0 Å². The van der Waals surface area contributed by atoms with Crippen molar-refractivity contribution >= 4 is 23.2 Å². The first-order valence-corrected chi connectivity index (χ1v) is 14.8. The van der Waals surface area contributed by atoms with Crippen LogP contribution in [0.5, 0.6) is 0 Å². The van der Waals surface area contributed by atoms with Gasteiger partial charge in [0.05, 0.1) is 6.04 Å². The summed E-state index contributed by atoms with van der Waals surface area (Å²) >= 11 is 1.79. The van der Waals surface area contributed by atoms with Crippen LogP contribution in [0.25, 0.3) is 0 Å². The molecule has 2 amide bonds. The zero-order valence-corrected chi connectivity index (χ0v) is 22.2. The molecule has 35 heavy (non-hydrogen) atoms. The van der Waals surface area contributed by atoms with Gasteiger partial charge in [-0.1, -0.05) is 88.6 Å². The monoisotopic (exact) mass is 494 g/mol. The summed E-state index contributed by atoms with van der Waals surface area (Å²) in [5.74, 6) is 0.260. The van der Waals surface area contributed by atoms with Gasteiger partial charge in [0.2, 0.25) is 11.8 Å². The van der Waals surface area contributed by atoms with E-state index in [2.05, 4.69) is 30.5 Å². The molecule has 1 atom stereocenters. The van der Waals surface area contributed by atoms with Crippen LogP contribution >= 0.6 is 11.3 Å². The SMILES string of the molecule is CCCCCCCCCCCC(=O)N(CC(=O)N1CCc2sccc2C1c1ccccc1)C1CC1. The van der Waals surface area contributed by atoms with Gasteiger partial charge in [-0.15, -0.1) is 11.3 Å². The molecule has 2 heterocycles. The quantitative estimate of drug-likeness (QED) is 0.262. The Bertz CT molecular complexity index is 937. The van der Waals surface area contributed by atoms with Crippen LogP contribution in [0.1, 0.15) is 106 Å². The molecule has 0 saturated heterocycles. The Morgan fingerprint density at radius 3 is 2.31 bits per heavy atom. The molecule has 1 aliphatic carbocycles. The van der Waals surface area contributed by atoms with E-state index in [0.717, 1.165) is 44.2 Å². The summed E-state index contributed by atoms with van der Waals surface area (Å²) in [6.45, 7) is 3.20. The highest BCUT2D eigenvalue weighted by Crippen LogP contribution is 2.38. The average Bonchev–Trinajstić information content (AvgIpc) is 3.61. The first-order chi connectivity index (χ1) is 17.2. The Labute approximate surface area is 215 Å². The summed E-state index contributed by atoms with van der Waals surface area (Å²) in [6.07, 6.45) is 14.8. The second kappa shape index (κ2) is 13.2. The van der Waals surface area contributed by atoms with E-state index in [4.69, 9.17) is 0 Å². The Morgan fingerprint density at radius 1 is 0.943 bits per heavy atom. The smallest absolute Gasteiger partial charge is 0.243 e. The van der Waals surface area contributed by atoms with Gasteiger partial charge in [0.1, 0.15) is 6.54 Å². The van der Waals surface area contributed by atoms with E-state index < -0.39 is 0 Å². The van der Waals surface area contributed by atoms with Gasteiger partial charge in [0.15, 0.2) is 0 Å². The van der Waals surface area contributed by atoms with Gasteiger partial charge < -0.3 is 9.80 Å². The van der Waals surface area contributed by atoms with Crippen LogP contribution in [0.15, 0.2) is 41.8 Å². The van der Waals surface area contributed by atoms with E-state index >= 15 is 0 Å². The number of thiophene rings is 1. The molecule has 0 bridgehead atoms. The number of hydrogen-bond donors (Lipinski definition) is 0. The lowest BCUT2D eigenvalue weighted by molar-refractivity contribution is -0.142. The fourth-order valence-electron chi connectivity index (χ4n) is 5.35. The lowest BCUT2D eigenvalue weighted by Gasteiger charge is -2.37.